The van der Waals surface area contributed by atoms with Gasteiger partial charge in [0, 0.05) is 39.0 Å². The second-order valence-corrected chi connectivity index (χ2v) is 6.44. The Morgan fingerprint density at radius 3 is 2.95 bits per heavy atom. The molecule has 2 aliphatic rings. The normalized spacial score (nSPS) is 23.7. The first kappa shape index (κ1) is 15.8. The van der Waals surface area contributed by atoms with E-state index < -0.39 is 0 Å². The lowest BCUT2D eigenvalue weighted by atomic mass is 10.1. The summed E-state index contributed by atoms with van der Waals surface area (Å²) in [6, 6.07) is 0. The van der Waals surface area contributed by atoms with Crippen molar-refractivity contribution in [2.75, 3.05) is 45.9 Å². The molecule has 0 radical (unpaired) electrons. The van der Waals surface area contributed by atoms with Gasteiger partial charge in [-0.2, -0.15) is 5.10 Å². The lowest BCUT2D eigenvalue weighted by Crippen LogP contribution is -2.39. The molecule has 3 rings (SSSR count). The summed E-state index contributed by atoms with van der Waals surface area (Å²) in [7, 11) is 0. The number of aromatic nitrogens is 2. The van der Waals surface area contributed by atoms with Crippen LogP contribution in [0.4, 0.5) is 0 Å². The third kappa shape index (κ3) is 4.00. The van der Waals surface area contributed by atoms with E-state index in [0.29, 0.717) is 11.6 Å². The van der Waals surface area contributed by atoms with Gasteiger partial charge in [-0.15, -0.1) is 0 Å². The van der Waals surface area contributed by atoms with E-state index >= 15 is 0 Å². The maximum atomic E-state index is 12.4. The Kier molecular flexibility index (Phi) is 5.33. The van der Waals surface area contributed by atoms with Crippen LogP contribution in [-0.2, 0) is 16.1 Å². The van der Waals surface area contributed by atoms with Gasteiger partial charge in [0.1, 0.15) is 0 Å². The Balaban J connectivity index is 1.46. The molecule has 6 nitrogen and oxygen atoms in total. The maximum absolute atomic E-state index is 12.4. The van der Waals surface area contributed by atoms with Gasteiger partial charge < -0.3 is 9.64 Å². The highest BCUT2D eigenvalue weighted by Gasteiger charge is 2.29. The molecule has 2 saturated heterocycles. The second-order valence-electron chi connectivity index (χ2n) is 6.00. The van der Waals surface area contributed by atoms with Crippen LogP contribution in [0.25, 0.3) is 0 Å². The average Bonchev–Trinajstić information content (AvgIpc) is 3.12. The zero-order chi connectivity index (χ0) is 15.4. The number of halogens is 1. The predicted molar refractivity (Wildman–Crippen MR) is 83.8 cm³/mol. The zero-order valence-electron chi connectivity index (χ0n) is 12.8. The van der Waals surface area contributed by atoms with E-state index in [4.69, 9.17) is 16.3 Å². The topological polar surface area (TPSA) is 50.6 Å². The van der Waals surface area contributed by atoms with E-state index in [1.165, 1.54) is 0 Å². The molecule has 1 atom stereocenters. The fourth-order valence-corrected chi connectivity index (χ4v) is 3.26. The van der Waals surface area contributed by atoms with E-state index in [-0.39, 0.29) is 11.8 Å². The van der Waals surface area contributed by atoms with Crippen LogP contribution in [0.1, 0.15) is 12.8 Å². The van der Waals surface area contributed by atoms with Gasteiger partial charge >= 0.3 is 0 Å². The largest absolute Gasteiger partial charge is 0.381 e. The van der Waals surface area contributed by atoms with Gasteiger partial charge in [0.25, 0.3) is 0 Å². The standard InChI is InChI=1S/C15H23ClN4O2/c16-14-10-17-20(11-14)8-6-18-3-1-4-19(7-5-18)15(21)13-2-9-22-12-13/h10-11,13H,1-9,12H2. The van der Waals surface area contributed by atoms with Crippen molar-refractivity contribution in [3.05, 3.63) is 17.4 Å². The predicted octanol–water partition coefficient (Wildman–Crippen LogP) is 1.11. The van der Waals surface area contributed by atoms with Gasteiger partial charge in [0.2, 0.25) is 5.91 Å². The number of hydrogen-bond acceptors (Lipinski definition) is 4. The molecule has 1 unspecified atom stereocenters. The average molecular weight is 327 g/mol. The van der Waals surface area contributed by atoms with Crippen LogP contribution in [0.5, 0.6) is 0 Å². The van der Waals surface area contributed by atoms with Crippen molar-refractivity contribution in [1.82, 2.24) is 19.6 Å². The number of nitrogens with zero attached hydrogens (tertiary/aromatic N) is 4. The van der Waals surface area contributed by atoms with Crippen LogP contribution in [0, 0.1) is 5.92 Å². The molecule has 0 aromatic carbocycles. The number of ether oxygens (including phenoxy) is 1. The zero-order valence-corrected chi connectivity index (χ0v) is 13.5. The first-order valence-electron chi connectivity index (χ1n) is 7.99. The number of carbonyl (C=O) groups is 1. The second kappa shape index (κ2) is 7.44. The van der Waals surface area contributed by atoms with Crippen molar-refractivity contribution >= 4 is 17.5 Å². The van der Waals surface area contributed by atoms with Crippen LogP contribution in [0.2, 0.25) is 5.02 Å². The number of amides is 1. The van der Waals surface area contributed by atoms with Gasteiger partial charge in [-0.25, -0.2) is 0 Å². The molecule has 2 aliphatic heterocycles. The summed E-state index contributed by atoms with van der Waals surface area (Å²) in [5.74, 6) is 0.357. The highest BCUT2D eigenvalue weighted by molar-refractivity contribution is 6.30. The Hall–Kier alpha value is -1.11. The summed E-state index contributed by atoms with van der Waals surface area (Å²) in [5.41, 5.74) is 0. The number of hydrogen-bond donors (Lipinski definition) is 0. The van der Waals surface area contributed by atoms with Crippen molar-refractivity contribution in [2.45, 2.75) is 19.4 Å². The minimum absolute atomic E-state index is 0.0813. The smallest absolute Gasteiger partial charge is 0.228 e. The minimum atomic E-state index is 0.0813. The minimum Gasteiger partial charge on any atom is -0.381 e. The van der Waals surface area contributed by atoms with Crippen LogP contribution in [-0.4, -0.2) is 71.4 Å². The molecule has 0 bridgehead atoms. The lowest BCUT2D eigenvalue weighted by Gasteiger charge is -2.24. The van der Waals surface area contributed by atoms with Gasteiger partial charge in [-0.05, 0) is 19.4 Å². The summed E-state index contributed by atoms with van der Waals surface area (Å²) >= 11 is 5.87. The highest BCUT2D eigenvalue weighted by Crippen LogP contribution is 2.17. The van der Waals surface area contributed by atoms with E-state index in [2.05, 4.69) is 10.00 Å². The molecule has 0 N–H and O–H groups in total. The molecular formula is C15H23ClN4O2. The third-order valence-electron chi connectivity index (χ3n) is 4.43. The molecule has 7 heteroatoms. The fourth-order valence-electron chi connectivity index (χ4n) is 3.11. The quantitative estimate of drug-likeness (QED) is 0.831. The Morgan fingerprint density at radius 1 is 1.32 bits per heavy atom. The van der Waals surface area contributed by atoms with E-state index in [0.717, 1.165) is 58.7 Å². The summed E-state index contributed by atoms with van der Waals surface area (Å²) in [6.07, 6.45) is 5.40. The first-order valence-corrected chi connectivity index (χ1v) is 8.37. The Labute approximate surface area is 136 Å². The molecule has 22 heavy (non-hydrogen) atoms. The number of carbonyl (C=O) groups excluding carboxylic acids is 1. The van der Waals surface area contributed by atoms with Crippen molar-refractivity contribution < 1.29 is 9.53 Å². The molecule has 2 fully saturated rings. The summed E-state index contributed by atoms with van der Waals surface area (Å²) in [6.45, 7) is 6.72. The third-order valence-corrected chi connectivity index (χ3v) is 4.62. The number of rotatable bonds is 4. The van der Waals surface area contributed by atoms with Gasteiger partial charge in [-0.1, -0.05) is 11.6 Å². The molecule has 1 aromatic heterocycles. The molecule has 0 aliphatic carbocycles. The van der Waals surface area contributed by atoms with Crippen molar-refractivity contribution in [2.24, 2.45) is 5.92 Å². The monoisotopic (exact) mass is 326 g/mol. The van der Waals surface area contributed by atoms with Crippen molar-refractivity contribution in [3.8, 4) is 0 Å². The van der Waals surface area contributed by atoms with E-state index in [1.807, 2.05) is 15.8 Å². The van der Waals surface area contributed by atoms with Gasteiger partial charge in [-0.3, -0.25) is 14.4 Å². The summed E-state index contributed by atoms with van der Waals surface area (Å²) in [5, 5.41) is 4.87. The Morgan fingerprint density at radius 2 is 2.23 bits per heavy atom. The van der Waals surface area contributed by atoms with Crippen LogP contribution >= 0.6 is 11.6 Å². The molecule has 122 valence electrons. The molecule has 1 amide bonds. The van der Waals surface area contributed by atoms with E-state index in [9.17, 15) is 4.79 Å². The molecular weight excluding hydrogens is 304 g/mol. The SMILES string of the molecule is O=C(C1CCOC1)N1CCCN(CCn2cc(Cl)cn2)CC1. The fraction of sp³-hybridized carbons (Fsp3) is 0.733. The first-order chi connectivity index (χ1) is 10.7. The van der Waals surface area contributed by atoms with Gasteiger partial charge in [0.05, 0.1) is 30.3 Å². The molecule has 1 aromatic rings. The van der Waals surface area contributed by atoms with Crippen LogP contribution < -0.4 is 0 Å². The van der Waals surface area contributed by atoms with Crippen molar-refractivity contribution in [1.29, 1.82) is 0 Å². The van der Waals surface area contributed by atoms with E-state index in [1.54, 1.807) is 6.20 Å². The molecule has 0 saturated carbocycles. The van der Waals surface area contributed by atoms with Gasteiger partial charge in [0.15, 0.2) is 0 Å². The maximum Gasteiger partial charge on any atom is 0.228 e. The summed E-state index contributed by atoms with van der Waals surface area (Å²) in [4.78, 5) is 16.9. The van der Waals surface area contributed by atoms with Crippen LogP contribution in [0.15, 0.2) is 12.4 Å². The molecule has 3 heterocycles. The van der Waals surface area contributed by atoms with Crippen LogP contribution in [0.3, 0.4) is 0 Å². The molecule has 0 spiro atoms. The van der Waals surface area contributed by atoms with Crippen molar-refractivity contribution in [3.63, 3.8) is 0 Å². The lowest BCUT2D eigenvalue weighted by molar-refractivity contribution is -0.135. The summed E-state index contributed by atoms with van der Waals surface area (Å²) < 4.78 is 7.20. The highest BCUT2D eigenvalue weighted by atomic mass is 35.5. The Bertz CT molecular complexity index is 501.